The quantitative estimate of drug-likeness (QED) is 0.801. The van der Waals surface area contributed by atoms with Gasteiger partial charge in [-0.05, 0) is 39.9 Å². The molecule has 0 aliphatic heterocycles. The molecular formula is C13H12BrN3O. The Balaban J connectivity index is 2.01. The molecule has 92 valence electrons. The molecule has 4 nitrogen and oxygen atoms in total. The Labute approximate surface area is 113 Å². The van der Waals surface area contributed by atoms with Gasteiger partial charge in [-0.1, -0.05) is 29.5 Å². The number of rotatable bonds is 2. The van der Waals surface area contributed by atoms with Crippen molar-refractivity contribution in [2.45, 2.75) is 18.8 Å². The van der Waals surface area contributed by atoms with Crippen molar-refractivity contribution in [2.75, 3.05) is 0 Å². The Kier molecular flexibility index (Phi) is 2.78. The van der Waals surface area contributed by atoms with E-state index in [1.807, 2.05) is 18.2 Å². The van der Waals surface area contributed by atoms with E-state index in [1.165, 1.54) is 10.2 Å². The minimum atomic E-state index is -0.0605. The molecule has 0 spiro atoms. The molecule has 0 saturated heterocycles. The van der Waals surface area contributed by atoms with Crippen molar-refractivity contribution in [3.8, 4) is 0 Å². The third-order valence-corrected chi connectivity index (χ3v) is 4.00. The van der Waals surface area contributed by atoms with E-state index in [2.05, 4.69) is 32.3 Å². The van der Waals surface area contributed by atoms with Crippen molar-refractivity contribution in [1.29, 1.82) is 0 Å². The average molecular weight is 306 g/mol. The van der Waals surface area contributed by atoms with Gasteiger partial charge in [-0.3, -0.25) is 4.79 Å². The van der Waals surface area contributed by atoms with E-state index in [-0.39, 0.29) is 11.7 Å². The first-order valence-corrected chi connectivity index (χ1v) is 6.65. The first kappa shape index (κ1) is 11.6. The van der Waals surface area contributed by atoms with Crippen molar-refractivity contribution in [1.82, 2.24) is 15.0 Å². The highest BCUT2D eigenvalue weighted by Gasteiger charge is 2.32. The number of hydrogen-bond donors (Lipinski definition) is 0. The Morgan fingerprint density at radius 3 is 2.94 bits per heavy atom. The molecule has 1 aromatic heterocycles. The van der Waals surface area contributed by atoms with Crippen LogP contribution in [0.4, 0.5) is 0 Å². The number of ketones is 1. The molecule has 0 N–H and O–H groups in total. The lowest BCUT2D eigenvalue weighted by atomic mass is 9.95. The molecule has 0 fully saturated rings. The predicted molar refractivity (Wildman–Crippen MR) is 70.5 cm³/mol. The van der Waals surface area contributed by atoms with Gasteiger partial charge in [0.25, 0.3) is 0 Å². The number of nitrogens with zero attached hydrogens (tertiary/aromatic N) is 3. The Morgan fingerprint density at radius 2 is 2.22 bits per heavy atom. The van der Waals surface area contributed by atoms with Gasteiger partial charge in [-0.15, -0.1) is 5.10 Å². The van der Waals surface area contributed by atoms with Crippen LogP contribution in [0.1, 0.15) is 34.0 Å². The summed E-state index contributed by atoms with van der Waals surface area (Å²) in [6.07, 6.45) is 1.84. The Morgan fingerprint density at radius 1 is 1.44 bits per heavy atom. The fourth-order valence-corrected chi connectivity index (χ4v) is 3.11. The van der Waals surface area contributed by atoms with Gasteiger partial charge in [-0.2, -0.15) is 0 Å². The zero-order valence-corrected chi connectivity index (χ0v) is 11.5. The summed E-state index contributed by atoms with van der Waals surface area (Å²) in [4.78, 5) is 12.6. The van der Waals surface area contributed by atoms with Crippen molar-refractivity contribution < 1.29 is 4.79 Å². The fourth-order valence-electron chi connectivity index (χ4n) is 2.59. The number of aryl methyl sites for hydroxylation is 2. The zero-order chi connectivity index (χ0) is 12.7. The van der Waals surface area contributed by atoms with Crippen molar-refractivity contribution in [3.63, 3.8) is 0 Å². The number of carbonyl (C=O) groups is 1. The largest absolute Gasteiger partial charge is 0.292 e. The minimum Gasteiger partial charge on any atom is -0.292 e. The molecular weight excluding hydrogens is 294 g/mol. The summed E-state index contributed by atoms with van der Waals surface area (Å²) in [5.41, 5.74) is 2.98. The molecule has 18 heavy (non-hydrogen) atoms. The minimum absolute atomic E-state index is 0.0605. The lowest BCUT2D eigenvalue weighted by molar-refractivity contribution is 0.0949. The van der Waals surface area contributed by atoms with Crippen molar-refractivity contribution >= 4 is 21.7 Å². The molecule has 0 saturated carbocycles. The number of halogens is 1. The van der Waals surface area contributed by atoms with Crippen LogP contribution in [-0.2, 0) is 13.5 Å². The fraction of sp³-hybridized carbons (Fsp3) is 0.308. The van der Waals surface area contributed by atoms with Crippen LogP contribution in [0.2, 0.25) is 0 Å². The smallest absolute Gasteiger partial charge is 0.191 e. The van der Waals surface area contributed by atoms with Gasteiger partial charge in [0.05, 0.1) is 0 Å². The number of carbonyl (C=O) groups excluding carboxylic acids is 1. The molecule has 1 heterocycles. The summed E-state index contributed by atoms with van der Waals surface area (Å²) in [6, 6.07) is 8.15. The van der Waals surface area contributed by atoms with Gasteiger partial charge >= 0.3 is 0 Å². The van der Waals surface area contributed by atoms with Crippen LogP contribution in [-0.4, -0.2) is 20.8 Å². The lowest BCUT2D eigenvalue weighted by Crippen LogP contribution is -2.15. The lowest BCUT2D eigenvalue weighted by Gasteiger charge is -2.10. The summed E-state index contributed by atoms with van der Waals surface area (Å²) < 4.78 is 2.06. The van der Waals surface area contributed by atoms with Gasteiger partial charge in [0.2, 0.25) is 0 Å². The Bertz CT molecular complexity index is 601. The number of Topliss-reactive ketones (excluding diaryl/α,β-unsaturated/α-hetero) is 1. The third-order valence-electron chi connectivity index (χ3n) is 3.47. The average Bonchev–Trinajstić information content (AvgIpc) is 2.93. The van der Waals surface area contributed by atoms with Crippen LogP contribution in [0.15, 0.2) is 28.9 Å². The summed E-state index contributed by atoms with van der Waals surface area (Å²) in [7, 11) is 1.74. The second kappa shape index (κ2) is 4.31. The van der Waals surface area contributed by atoms with E-state index >= 15 is 0 Å². The maximum Gasteiger partial charge on any atom is 0.191 e. The number of fused-ring (bicyclic) bond motifs is 1. The van der Waals surface area contributed by atoms with Crippen LogP contribution >= 0.6 is 15.9 Å². The zero-order valence-electron chi connectivity index (χ0n) is 9.93. The summed E-state index contributed by atoms with van der Waals surface area (Å²) in [5.74, 6) is 0.0361. The molecule has 1 aromatic carbocycles. The van der Waals surface area contributed by atoms with E-state index in [9.17, 15) is 4.79 Å². The van der Waals surface area contributed by atoms with Gasteiger partial charge in [0.1, 0.15) is 5.69 Å². The van der Waals surface area contributed by atoms with E-state index in [0.29, 0.717) is 10.3 Å². The standard InChI is InChI=1S/C13H12BrN3O/c1-17-11(13(14)15-16-17)12(18)10-7-6-8-4-2-3-5-9(8)10/h2-5,10H,6-7H2,1H3. The molecule has 1 unspecified atom stereocenters. The summed E-state index contributed by atoms with van der Waals surface area (Å²) in [6.45, 7) is 0. The summed E-state index contributed by atoms with van der Waals surface area (Å²) in [5, 5.41) is 7.74. The maximum absolute atomic E-state index is 12.6. The van der Waals surface area contributed by atoms with Crippen LogP contribution < -0.4 is 0 Å². The van der Waals surface area contributed by atoms with E-state index in [1.54, 1.807) is 7.05 Å². The van der Waals surface area contributed by atoms with Gasteiger partial charge in [-0.25, -0.2) is 4.68 Å². The van der Waals surface area contributed by atoms with Crippen molar-refractivity contribution in [2.24, 2.45) is 7.05 Å². The first-order valence-electron chi connectivity index (χ1n) is 5.85. The highest BCUT2D eigenvalue weighted by Crippen LogP contribution is 2.36. The SMILES string of the molecule is Cn1nnc(Br)c1C(=O)C1CCc2ccccc21. The van der Waals surface area contributed by atoms with E-state index in [0.717, 1.165) is 18.4 Å². The predicted octanol–water partition coefficient (Wildman–Crippen LogP) is 2.49. The topological polar surface area (TPSA) is 47.8 Å². The third kappa shape index (κ3) is 1.70. The van der Waals surface area contributed by atoms with E-state index < -0.39 is 0 Å². The van der Waals surface area contributed by atoms with E-state index in [4.69, 9.17) is 0 Å². The van der Waals surface area contributed by atoms with Crippen molar-refractivity contribution in [3.05, 3.63) is 45.7 Å². The van der Waals surface area contributed by atoms with Crippen LogP contribution in [0, 0.1) is 0 Å². The van der Waals surface area contributed by atoms with Crippen LogP contribution in [0.5, 0.6) is 0 Å². The molecule has 1 aliphatic rings. The molecule has 2 aromatic rings. The molecule has 5 heteroatoms. The molecule has 0 radical (unpaired) electrons. The number of hydrogen-bond acceptors (Lipinski definition) is 3. The van der Waals surface area contributed by atoms with Crippen LogP contribution in [0.25, 0.3) is 0 Å². The summed E-state index contributed by atoms with van der Waals surface area (Å²) >= 11 is 3.29. The highest BCUT2D eigenvalue weighted by molar-refractivity contribution is 9.10. The molecule has 3 rings (SSSR count). The first-order chi connectivity index (χ1) is 8.68. The maximum atomic E-state index is 12.6. The monoisotopic (exact) mass is 305 g/mol. The molecule has 1 atom stereocenters. The number of aromatic nitrogens is 3. The second-order valence-corrected chi connectivity index (χ2v) is 5.26. The Hall–Kier alpha value is -1.49. The van der Waals surface area contributed by atoms with Gasteiger partial charge in [0, 0.05) is 13.0 Å². The van der Waals surface area contributed by atoms with Gasteiger partial charge in [0.15, 0.2) is 10.4 Å². The molecule has 0 bridgehead atoms. The molecule has 0 amide bonds. The molecule has 1 aliphatic carbocycles. The van der Waals surface area contributed by atoms with Crippen LogP contribution in [0.3, 0.4) is 0 Å². The normalized spacial score (nSPS) is 17.8. The second-order valence-electron chi connectivity index (χ2n) is 4.51. The van der Waals surface area contributed by atoms with Gasteiger partial charge < -0.3 is 0 Å². The highest BCUT2D eigenvalue weighted by atomic mass is 79.9. The number of benzene rings is 1.